The first kappa shape index (κ1) is 11.2. The second-order valence-electron chi connectivity index (χ2n) is 4.96. The van der Waals surface area contributed by atoms with E-state index < -0.39 is 0 Å². The van der Waals surface area contributed by atoms with E-state index in [2.05, 4.69) is 43.4 Å². The monoisotopic (exact) mass is 217 g/mol. The van der Waals surface area contributed by atoms with Gasteiger partial charge in [-0.25, -0.2) is 0 Å². The molecule has 0 unspecified atom stereocenters. The van der Waals surface area contributed by atoms with Gasteiger partial charge in [0.2, 0.25) is 5.91 Å². The van der Waals surface area contributed by atoms with Crippen LogP contribution in [0.2, 0.25) is 0 Å². The number of aryl methyl sites for hydroxylation is 1. The van der Waals surface area contributed by atoms with Gasteiger partial charge in [0.05, 0.1) is 6.04 Å². The van der Waals surface area contributed by atoms with Gasteiger partial charge >= 0.3 is 0 Å². The highest BCUT2D eigenvalue weighted by atomic mass is 16.2. The van der Waals surface area contributed by atoms with Crippen LogP contribution in [0.3, 0.4) is 0 Å². The molecule has 1 aliphatic rings. The molecule has 3 atom stereocenters. The molecule has 0 heterocycles. The predicted molar refractivity (Wildman–Crippen MR) is 65.0 cm³/mol. The zero-order valence-corrected chi connectivity index (χ0v) is 10.2. The fourth-order valence-corrected chi connectivity index (χ4v) is 1.95. The fourth-order valence-electron chi connectivity index (χ4n) is 1.95. The maximum Gasteiger partial charge on any atom is 0.223 e. The average molecular weight is 217 g/mol. The Hall–Kier alpha value is -1.31. The standard InChI is InChI=1S/C14H19NO/c1-9-4-6-12(7-5-9)11(3)15-14(16)13-8-10(13)2/h4-7,10-11,13H,8H2,1-3H3,(H,15,16)/t10-,11+,13-/m1/s1. The van der Waals surface area contributed by atoms with Gasteiger partial charge in [0.15, 0.2) is 0 Å². The van der Waals surface area contributed by atoms with Crippen molar-refractivity contribution in [1.82, 2.24) is 5.32 Å². The number of carbonyl (C=O) groups excluding carboxylic acids is 1. The maximum absolute atomic E-state index is 11.8. The third kappa shape index (κ3) is 2.43. The molecule has 1 aromatic rings. The van der Waals surface area contributed by atoms with E-state index in [0.29, 0.717) is 5.92 Å². The number of hydrogen-bond donors (Lipinski definition) is 1. The minimum absolute atomic E-state index is 0.112. The summed E-state index contributed by atoms with van der Waals surface area (Å²) in [7, 11) is 0. The highest BCUT2D eigenvalue weighted by molar-refractivity contribution is 5.81. The molecular weight excluding hydrogens is 198 g/mol. The maximum atomic E-state index is 11.8. The highest BCUT2D eigenvalue weighted by Crippen LogP contribution is 2.38. The number of carbonyl (C=O) groups is 1. The summed E-state index contributed by atoms with van der Waals surface area (Å²) in [5.74, 6) is 1.04. The van der Waals surface area contributed by atoms with Gasteiger partial charge in [0.1, 0.15) is 0 Å². The zero-order valence-electron chi connectivity index (χ0n) is 10.2. The summed E-state index contributed by atoms with van der Waals surface area (Å²) < 4.78 is 0. The molecule has 0 aliphatic heterocycles. The first-order valence-corrected chi connectivity index (χ1v) is 5.95. The molecule has 1 aliphatic carbocycles. The van der Waals surface area contributed by atoms with Crippen LogP contribution in [0.15, 0.2) is 24.3 Å². The Balaban J connectivity index is 1.94. The molecule has 1 N–H and O–H groups in total. The smallest absolute Gasteiger partial charge is 0.223 e. The van der Waals surface area contributed by atoms with Crippen molar-refractivity contribution in [1.29, 1.82) is 0 Å². The van der Waals surface area contributed by atoms with Gasteiger partial charge in [-0.1, -0.05) is 36.8 Å². The summed E-state index contributed by atoms with van der Waals surface area (Å²) in [4.78, 5) is 11.8. The average Bonchev–Trinajstić information content (AvgIpc) is 2.96. The van der Waals surface area contributed by atoms with Crippen LogP contribution in [-0.4, -0.2) is 5.91 Å². The Morgan fingerprint density at radius 1 is 1.38 bits per heavy atom. The van der Waals surface area contributed by atoms with Gasteiger partial charge in [-0.15, -0.1) is 0 Å². The molecule has 16 heavy (non-hydrogen) atoms. The van der Waals surface area contributed by atoms with Crippen molar-refractivity contribution in [2.45, 2.75) is 33.2 Å². The summed E-state index contributed by atoms with van der Waals surface area (Å²) in [6.07, 6.45) is 1.05. The quantitative estimate of drug-likeness (QED) is 0.828. The number of rotatable bonds is 3. The van der Waals surface area contributed by atoms with E-state index in [9.17, 15) is 4.79 Å². The molecule has 1 amide bonds. The van der Waals surface area contributed by atoms with E-state index in [0.717, 1.165) is 6.42 Å². The van der Waals surface area contributed by atoms with Crippen LogP contribution >= 0.6 is 0 Å². The Morgan fingerprint density at radius 2 is 1.94 bits per heavy atom. The van der Waals surface area contributed by atoms with Crippen LogP contribution in [0.1, 0.15) is 37.4 Å². The number of nitrogens with one attached hydrogen (secondary N) is 1. The third-order valence-corrected chi connectivity index (χ3v) is 3.38. The van der Waals surface area contributed by atoms with E-state index in [1.807, 2.05) is 6.92 Å². The van der Waals surface area contributed by atoms with Gasteiger partial charge < -0.3 is 5.32 Å². The first-order chi connectivity index (χ1) is 7.58. The normalized spacial score (nSPS) is 24.9. The molecule has 2 nitrogen and oxygen atoms in total. The van der Waals surface area contributed by atoms with Gasteiger partial charge in [0.25, 0.3) is 0 Å². The molecule has 1 fully saturated rings. The molecule has 1 aromatic carbocycles. The molecule has 2 heteroatoms. The first-order valence-electron chi connectivity index (χ1n) is 5.95. The minimum atomic E-state index is 0.112. The minimum Gasteiger partial charge on any atom is -0.349 e. The van der Waals surface area contributed by atoms with E-state index >= 15 is 0 Å². The van der Waals surface area contributed by atoms with Crippen molar-refractivity contribution in [3.05, 3.63) is 35.4 Å². The van der Waals surface area contributed by atoms with Crippen molar-refractivity contribution >= 4 is 5.91 Å². The van der Waals surface area contributed by atoms with E-state index in [1.54, 1.807) is 0 Å². The molecular formula is C14H19NO. The van der Waals surface area contributed by atoms with Crippen molar-refractivity contribution < 1.29 is 4.79 Å². The van der Waals surface area contributed by atoms with Crippen LogP contribution in [-0.2, 0) is 4.79 Å². The topological polar surface area (TPSA) is 29.1 Å². The Morgan fingerprint density at radius 3 is 2.44 bits per heavy atom. The number of benzene rings is 1. The molecule has 0 radical (unpaired) electrons. The summed E-state index contributed by atoms with van der Waals surface area (Å²) in [6, 6.07) is 8.43. The summed E-state index contributed by atoms with van der Waals surface area (Å²) in [5, 5.41) is 3.07. The summed E-state index contributed by atoms with van der Waals surface area (Å²) >= 11 is 0. The third-order valence-electron chi connectivity index (χ3n) is 3.38. The summed E-state index contributed by atoms with van der Waals surface area (Å²) in [5.41, 5.74) is 2.42. The van der Waals surface area contributed by atoms with Crippen molar-refractivity contribution in [2.75, 3.05) is 0 Å². The lowest BCUT2D eigenvalue weighted by atomic mass is 10.1. The lowest BCUT2D eigenvalue weighted by Crippen LogP contribution is -2.28. The molecule has 0 saturated heterocycles. The van der Waals surface area contributed by atoms with E-state index in [4.69, 9.17) is 0 Å². The van der Waals surface area contributed by atoms with Gasteiger partial charge in [-0.2, -0.15) is 0 Å². The van der Waals surface area contributed by atoms with Crippen LogP contribution < -0.4 is 5.32 Å². The predicted octanol–water partition coefficient (Wildman–Crippen LogP) is 2.83. The fraction of sp³-hybridized carbons (Fsp3) is 0.500. The second-order valence-corrected chi connectivity index (χ2v) is 4.96. The summed E-state index contributed by atoms with van der Waals surface area (Å²) in [6.45, 7) is 6.23. The van der Waals surface area contributed by atoms with E-state index in [-0.39, 0.29) is 17.9 Å². The number of amides is 1. The Kier molecular flexibility index (Phi) is 2.99. The largest absolute Gasteiger partial charge is 0.349 e. The van der Waals surface area contributed by atoms with Crippen LogP contribution in [0, 0.1) is 18.8 Å². The highest BCUT2D eigenvalue weighted by Gasteiger charge is 2.39. The molecule has 1 saturated carbocycles. The zero-order chi connectivity index (χ0) is 11.7. The van der Waals surface area contributed by atoms with Crippen LogP contribution in [0.5, 0.6) is 0 Å². The lowest BCUT2D eigenvalue weighted by Gasteiger charge is -2.14. The van der Waals surface area contributed by atoms with Gasteiger partial charge in [0, 0.05) is 5.92 Å². The molecule has 0 bridgehead atoms. The second kappa shape index (κ2) is 4.28. The van der Waals surface area contributed by atoms with Crippen molar-refractivity contribution in [2.24, 2.45) is 11.8 Å². The lowest BCUT2D eigenvalue weighted by molar-refractivity contribution is -0.123. The Bertz CT molecular complexity index is 382. The van der Waals surface area contributed by atoms with Crippen LogP contribution in [0.25, 0.3) is 0 Å². The Labute approximate surface area is 97.1 Å². The molecule has 0 aromatic heterocycles. The van der Waals surface area contributed by atoms with E-state index in [1.165, 1.54) is 11.1 Å². The van der Waals surface area contributed by atoms with Gasteiger partial charge in [-0.3, -0.25) is 4.79 Å². The number of hydrogen-bond acceptors (Lipinski definition) is 1. The molecule has 2 rings (SSSR count). The molecule has 86 valence electrons. The van der Waals surface area contributed by atoms with Gasteiger partial charge in [-0.05, 0) is 31.7 Å². The van der Waals surface area contributed by atoms with Crippen molar-refractivity contribution in [3.8, 4) is 0 Å². The van der Waals surface area contributed by atoms with Crippen LogP contribution in [0.4, 0.5) is 0 Å². The van der Waals surface area contributed by atoms with Crippen molar-refractivity contribution in [3.63, 3.8) is 0 Å². The molecule has 0 spiro atoms. The SMILES string of the molecule is Cc1ccc([C@H](C)NC(=O)[C@@H]2C[C@H]2C)cc1.